The molecular weight excluding hydrogens is 315 g/mol. The number of ether oxygens (including phenoxy) is 2. The van der Waals surface area contributed by atoms with Crippen molar-refractivity contribution in [3.63, 3.8) is 0 Å². The molecule has 6 heteroatoms. The summed E-state index contributed by atoms with van der Waals surface area (Å²) in [6.07, 6.45) is 0.714. The molecule has 0 aliphatic carbocycles. The minimum Gasteiger partial charge on any atom is -0.493 e. The molecular formula is C17H19FN2O2S. The summed E-state index contributed by atoms with van der Waals surface area (Å²) < 4.78 is 23.8. The molecule has 0 aliphatic heterocycles. The van der Waals surface area contributed by atoms with E-state index < -0.39 is 0 Å². The van der Waals surface area contributed by atoms with Crippen LogP contribution in [0.4, 0.5) is 10.1 Å². The molecule has 0 heterocycles. The molecule has 0 bridgehead atoms. The van der Waals surface area contributed by atoms with Crippen LogP contribution in [0.15, 0.2) is 42.5 Å². The van der Waals surface area contributed by atoms with Gasteiger partial charge < -0.3 is 20.1 Å². The lowest BCUT2D eigenvalue weighted by Gasteiger charge is -2.14. The van der Waals surface area contributed by atoms with Crippen LogP contribution in [0.5, 0.6) is 11.5 Å². The third-order valence-electron chi connectivity index (χ3n) is 3.25. The third-order valence-corrected chi connectivity index (χ3v) is 3.49. The zero-order valence-electron chi connectivity index (χ0n) is 13.1. The van der Waals surface area contributed by atoms with Gasteiger partial charge in [0.15, 0.2) is 16.6 Å². The van der Waals surface area contributed by atoms with Crippen LogP contribution < -0.4 is 20.1 Å². The maximum absolute atomic E-state index is 13.1. The van der Waals surface area contributed by atoms with Gasteiger partial charge in [0.1, 0.15) is 5.82 Å². The number of halogens is 1. The molecule has 4 nitrogen and oxygen atoms in total. The molecule has 0 aliphatic rings. The molecule has 0 fully saturated rings. The van der Waals surface area contributed by atoms with Gasteiger partial charge in [-0.05, 0) is 48.5 Å². The fourth-order valence-corrected chi connectivity index (χ4v) is 2.42. The van der Waals surface area contributed by atoms with Crippen molar-refractivity contribution >= 4 is 23.0 Å². The van der Waals surface area contributed by atoms with E-state index in [2.05, 4.69) is 10.6 Å². The number of rotatable bonds is 6. The van der Waals surface area contributed by atoms with Crippen LogP contribution in [-0.2, 0) is 6.42 Å². The first-order chi connectivity index (χ1) is 11.1. The average molecular weight is 334 g/mol. The van der Waals surface area contributed by atoms with Crippen LogP contribution in [0.2, 0.25) is 0 Å². The van der Waals surface area contributed by atoms with Gasteiger partial charge in [0, 0.05) is 12.2 Å². The Hall–Kier alpha value is -2.34. The largest absolute Gasteiger partial charge is 0.493 e. The number of nitrogens with one attached hydrogen (secondary N) is 2. The van der Waals surface area contributed by atoms with Crippen molar-refractivity contribution in [2.24, 2.45) is 0 Å². The van der Waals surface area contributed by atoms with Crippen molar-refractivity contribution in [1.82, 2.24) is 5.32 Å². The lowest BCUT2D eigenvalue weighted by Crippen LogP contribution is -2.30. The minimum atomic E-state index is -0.307. The Bertz CT molecular complexity index is 679. The average Bonchev–Trinajstić information content (AvgIpc) is 2.54. The highest BCUT2D eigenvalue weighted by molar-refractivity contribution is 7.80. The highest BCUT2D eigenvalue weighted by atomic mass is 32.1. The molecule has 0 saturated carbocycles. The van der Waals surface area contributed by atoms with Gasteiger partial charge in [-0.25, -0.2) is 4.39 Å². The molecule has 122 valence electrons. The van der Waals surface area contributed by atoms with Crippen LogP contribution in [0.1, 0.15) is 5.56 Å². The van der Waals surface area contributed by atoms with Gasteiger partial charge in [0.05, 0.1) is 14.2 Å². The summed E-state index contributed by atoms with van der Waals surface area (Å²) in [7, 11) is 3.23. The Morgan fingerprint density at radius 2 is 1.91 bits per heavy atom. The normalized spacial score (nSPS) is 10.0. The zero-order valence-corrected chi connectivity index (χ0v) is 13.9. The van der Waals surface area contributed by atoms with Crippen LogP contribution in [-0.4, -0.2) is 25.9 Å². The SMILES string of the molecule is COc1cccc(CCNC(=S)Nc2cccc(F)c2)c1OC. The molecule has 0 unspecified atom stereocenters. The number of hydrogen-bond acceptors (Lipinski definition) is 3. The minimum absolute atomic E-state index is 0.307. The molecule has 0 saturated heterocycles. The van der Waals surface area contributed by atoms with Gasteiger partial charge in [-0.15, -0.1) is 0 Å². The second kappa shape index (κ2) is 8.33. The first-order valence-corrected chi connectivity index (χ1v) is 7.55. The van der Waals surface area contributed by atoms with E-state index in [-0.39, 0.29) is 5.82 Å². The topological polar surface area (TPSA) is 42.5 Å². The molecule has 0 spiro atoms. The molecule has 2 rings (SSSR count). The maximum Gasteiger partial charge on any atom is 0.170 e. The summed E-state index contributed by atoms with van der Waals surface area (Å²) >= 11 is 5.20. The number of methoxy groups -OCH3 is 2. The van der Waals surface area contributed by atoms with Crippen LogP contribution >= 0.6 is 12.2 Å². The molecule has 0 aromatic heterocycles. The van der Waals surface area contributed by atoms with Gasteiger partial charge >= 0.3 is 0 Å². The monoisotopic (exact) mass is 334 g/mol. The zero-order chi connectivity index (χ0) is 16.7. The first kappa shape index (κ1) is 17.0. The smallest absolute Gasteiger partial charge is 0.170 e. The van der Waals surface area contributed by atoms with Crippen molar-refractivity contribution in [2.75, 3.05) is 26.1 Å². The Morgan fingerprint density at radius 1 is 1.13 bits per heavy atom. The molecule has 2 aromatic rings. The molecule has 0 radical (unpaired) electrons. The summed E-state index contributed by atoms with van der Waals surface area (Å²) in [6, 6.07) is 11.9. The van der Waals surface area contributed by atoms with Gasteiger partial charge in [0.2, 0.25) is 0 Å². The van der Waals surface area contributed by atoms with Crippen molar-refractivity contribution in [1.29, 1.82) is 0 Å². The van der Waals surface area contributed by atoms with Crippen molar-refractivity contribution < 1.29 is 13.9 Å². The lowest BCUT2D eigenvalue weighted by atomic mass is 10.1. The summed E-state index contributed by atoms with van der Waals surface area (Å²) in [5.41, 5.74) is 1.63. The fraction of sp³-hybridized carbons (Fsp3) is 0.235. The lowest BCUT2D eigenvalue weighted by molar-refractivity contribution is 0.351. The van der Waals surface area contributed by atoms with Gasteiger partial charge in [-0.3, -0.25) is 0 Å². The summed E-state index contributed by atoms with van der Waals surface area (Å²) in [4.78, 5) is 0. The number of hydrogen-bond donors (Lipinski definition) is 2. The molecule has 2 aromatic carbocycles. The second-order valence-electron chi connectivity index (χ2n) is 4.79. The Labute approximate surface area is 140 Å². The Balaban J connectivity index is 1.88. The summed E-state index contributed by atoms with van der Waals surface area (Å²) in [5, 5.41) is 6.48. The number of thiocarbonyl (C=S) groups is 1. The predicted octanol–water partition coefficient (Wildman–Crippen LogP) is 3.37. The van der Waals surface area contributed by atoms with E-state index in [9.17, 15) is 4.39 Å². The maximum atomic E-state index is 13.1. The Kier molecular flexibility index (Phi) is 6.17. The highest BCUT2D eigenvalue weighted by Gasteiger charge is 2.09. The standard InChI is InChI=1S/C17H19FN2O2S/c1-21-15-8-3-5-12(16(15)22-2)9-10-19-17(23)20-14-7-4-6-13(18)11-14/h3-8,11H,9-10H2,1-2H3,(H2,19,20,23). The molecule has 0 amide bonds. The second-order valence-corrected chi connectivity index (χ2v) is 5.20. The van der Waals surface area contributed by atoms with E-state index in [1.54, 1.807) is 26.4 Å². The number of anilines is 1. The van der Waals surface area contributed by atoms with E-state index in [1.807, 2.05) is 18.2 Å². The van der Waals surface area contributed by atoms with E-state index in [0.717, 1.165) is 11.3 Å². The van der Waals surface area contributed by atoms with E-state index >= 15 is 0 Å². The van der Waals surface area contributed by atoms with Gasteiger partial charge in [-0.1, -0.05) is 18.2 Å². The van der Waals surface area contributed by atoms with Crippen LogP contribution in [0.3, 0.4) is 0 Å². The molecule has 2 N–H and O–H groups in total. The van der Waals surface area contributed by atoms with Crippen molar-refractivity contribution in [3.05, 3.63) is 53.8 Å². The van der Waals surface area contributed by atoms with E-state index in [0.29, 0.717) is 29.5 Å². The molecule has 23 heavy (non-hydrogen) atoms. The third kappa shape index (κ3) is 4.82. The molecule has 0 atom stereocenters. The van der Waals surface area contributed by atoms with E-state index in [1.165, 1.54) is 12.1 Å². The first-order valence-electron chi connectivity index (χ1n) is 7.14. The number of para-hydroxylation sites is 1. The van der Waals surface area contributed by atoms with Gasteiger partial charge in [-0.2, -0.15) is 0 Å². The number of benzene rings is 2. The fourth-order valence-electron chi connectivity index (χ4n) is 2.20. The quantitative estimate of drug-likeness (QED) is 0.793. The predicted molar refractivity (Wildman–Crippen MR) is 93.9 cm³/mol. The summed E-state index contributed by atoms with van der Waals surface area (Å²) in [6.45, 7) is 0.616. The summed E-state index contributed by atoms with van der Waals surface area (Å²) in [5.74, 6) is 1.12. The Morgan fingerprint density at radius 3 is 2.61 bits per heavy atom. The van der Waals surface area contributed by atoms with Crippen molar-refractivity contribution in [2.45, 2.75) is 6.42 Å². The van der Waals surface area contributed by atoms with Crippen LogP contribution in [0.25, 0.3) is 0 Å². The van der Waals surface area contributed by atoms with E-state index in [4.69, 9.17) is 21.7 Å². The van der Waals surface area contributed by atoms with Crippen LogP contribution in [0, 0.1) is 5.82 Å². The highest BCUT2D eigenvalue weighted by Crippen LogP contribution is 2.30. The van der Waals surface area contributed by atoms with Gasteiger partial charge in [0.25, 0.3) is 0 Å². The van der Waals surface area contributed by atoms with Crippen molar-refractivity contribution in [3.8, 4) is 11.5 Å².